The largest absolute Gasteiger partial charge is 0.513 e. The van der Waals surface area contributed by atoms with E-state index in [1.807, 2.05) is 6.92 Å². The standard InChI is InChI=1S/C24H35NO10/c1-5-8-9-10-20(26)33-14-13-24(25,21(27)30-4)16-17-11-12-18(34-22(28)31-6-2)19(15-17)35-23(29)32-7-3/h11-12,15H,5-10,13-14,16,25H2,1-4H3/t24-/m1/s1. The Bertz CT molecular complexity index is 857. The Kier molecular flexibility index (Phi) is 13.2. The molecule has 0 aliphatic rings. The van der Waals surface area contributed by atoms with Gasteiger partial charge in [-0.05, 0) is 38.0 Å². The third-order valence-electron chi connectivity index (χ3n) is 4.83. The van der Waals surface area contributed by atoms with Crippen LogP contribution >= 0.6 is 0 Å². The Morgan fingerprint density at radius 3 is 2.09 bits per heavy atom. The Labute approximate surface area is 205 Å². The molecule has 1 rings (SSSR count). The highest BCUT2D eigenvalue weighted by atomic mass is 16.7. The van der Waals surface area contributed by atoms with Crippen LogP contribution in [0, 0.1) is 0 Å². The molecule has 11 heteroatoms. The summed E-state index contributed by atoms with van der Waals surface area (Å²) in [6, 6.07) is 4.28. The summed E-state index contributed by atoms with van der Waals surface area (Å²) in [6.45, 7) is 5.32. The van der Waals surface area contributed by atoms with Gasteiger partial charge in [-0.25, -0.2) is 9.59 Å². The maximum Gasteiger partial charge on any atom is 0.513 e. The van der Waals surface area contributed by atoms with Gasteiger partial charge in [0, 0.05) is 19.3 Å². The molecule has 0 heterocycles. The van der Waals surface area contributed by atoms with Gasteiger partial charge in [-0.15, -0.1) is 0 Å². The molecule has 1 atom stereocenters. The normalized spacial score (nSPS) is 12.1. The summed E-state index contributed by atoms with van der Waals surface area (Å²) >= 11 is 0. The second-order valence-electron chi connectivity index (χ2n) is 7.60. The van der Waals surface area contributed by atoms with Crippen molar-refractivity contribution >= 4 is 24.2 Å². The van der Waals surface area contributed by atoms with Crippen molar-refractivity contribution in [2.75, 3.05) is 26.9 Å². The smallest absolute Gasteiger partial charge is 0.468 e. The SMILES string of the molecule is CCCCCC(=O)OCC[C@@](N)(Cc1ccc(OC(=O)OCC)c(OC(=O)OCC)c1)C(=O)OC. The van der Waals surface area contributed by atoms with Gasteiger partial charge in [0.2, 0.25) is 0 Å². The average molecular weight is 498 g/mol. The number of benzene rings is 1. The number of rotatable bonds is 14. The number of carbonyl (C=O) groups is 4. The van der Waals surface area contributed by atoms with Crippen molar-refractivity contribution in [1.29, 1.82) is 0 Å². The summed E-state index contributed by atoms with van der Waals surface area (Å²) in [4.78, 5) is 48.0. The molecule has 0 aliphatic heterocycles. The molecule has 0 fully saturated rings. The van der Waals surface area contributed by atoms with Crippen LogP contribution in [0.15, 0.2) is 18.2 Å². The van der Waals surface area contributed by atoms with Crippen molar-refractivity contribution in [3.8, 4) is 11.5 Å². The average Bonchev–Trinajstić information content (AvgIpc) is 2.80. The highest BCUT2D eigenvalue weighted by Gasteiger charge is 2.36. The van der Waals surface area contributed by atoms with Crippen molar-refractivity contribution in [2.45, 2.75) is 64.8 Å². The van der Waals surface area contributed by atoms with E-state index in [1.165, 1.54) is 25.3 Å². The third kappa shape index (κ3) is 10.6. The maximum absolute atomic E-state index is 12.5. The summed E-state index contributed by atoms with van der Waals surface area (Å²) in [5, 5.41) is 0. The molecular weight excluding hydrogens is 462 g/mol. The van der Waals surface area contributed by atoms with E-state index in [9.17, 15) is 19.2 Å². The van der Waals surface area contributed by atoms with Crippen LogP contribution < -0.4 is 15.2 Å². The molecular formula is C24H35NO10. The van der Waals surface area contributed by atoms with E-state index >= 15 is 0 Å². The van der Waals surface area contributed by atoms with Gasteiger partial charge in [0.25, 0.3) is 0 Å². The topological polar surface area (TPSA) is 150 Å². The van der Waals surface area contributed by atoms with Crippen LogP contribution in [0.3, 0.4) is 0 Å². The molecule has 0 bridgehead atoms. The van der Waals surface area contributed by atoms with E-state index in [0.717, 1.165) is 19.3 Å². The molecule has 2 N–H and O–H groups in total. The summed E-state index contributed by atoms with van der Waals surface area (Å²) < 4.78 is 29.8. The molecule has 35 heavy (non-hydrogen) atoms. The molecule has 0 unspecified atom stereocenters. The number of ether oxygens (including phenoxy) is 6. The third-order valence-corrected chi connectivity index (χ3v) is 4.83. The first-order valence-corrected chi connectivity index (χ1v) is 11.5. The monoisotopic (exact) mass is 497 g/mol. The first-order chi connectivity index (χ1) is 16.7. The van der Waals surface area contributed by atoms with Crippen molar-refractivity contribution in [1.82, 2.24) is 0 Å². The Morgan fingerprint density at radius 2 is 1.51 bits per heavy atom. The molecule has 196 valence electrons. The van der Waals surface area contributed by atoms with Gasteiger partial charge in [0.05, 0.1) is 26.9 Å². The fourth-order valence-electron chi connectivity index (χ4n) is 3.07. The van der Waals surface area contributed by atoms with Crippen molar-refractivity contribution in [2.24, 2.45) is 5.73 Å². The molecule has 0 radical (unpaired) electrons. The summed E-state index contributed by atoms with van der Waals surface area (Å²) in [6.07, 6.45) is 0.860. The van der Waals surface area contributed by atoms with Gasteiger partial charge in [0.15, 0.2) is 11.5 Å². The van der Waals surface area contributed by atoms with Gasteiger partial charge in [-0.1, -0.05) is 25.8 Å². The van der Waals surface area contributed by atoms with E-state index in [4.69, 9.17) is 34.2 Å². The zero-order valence-corrected chi connectivity index (χ0v) is 20.8. The van der Waals surface area contributed by atoms with Gasteiger partial charge in [0.1, 0.15) is 5.54 Å². The van der Waals surface area contributed by atoms with E-state index in [-0.39, 0.29) is 50.1 Å². The lowest BCUT2D eigenvalue weighted by Gasteiger charge is -2.26. The Balaban J connectivity index is 3.04. The zero-order valence-electron chi connectivity index (χ0n) is 20.8. The van der Waals surface area contributed by atoms with E-state index in [2.05, 4.69) is 0 Å². The van der Waals surface area contributed by atoms with Crippen LogP contribution in [0.25, 0.3) is 0 Å². The molecule has 1 aromatic carbocycles. The lowest BCUT2D eigenvalue weighted by Crippen LogP contribution is -2.51. The van der Waals surface area contributed by atoms with E-state index < -0.39 is 23.8 Å². The molecule has 0 amide bonds. The minimum absolute atomic E-state index is 0.00562. The van der Waals surface area contributed by atoms with Crippen LogP contribution in [0.5, 0.6) is 11.5 Å². The van der Waals surface area contributed by atoms with Crippen molar-refractivity contribution < 1.29 is 47.6 Å². The molecule has 0 aliphatic carbocycles. The predicted molar refractivity (Wildman–Crippen MR) is 124 cm³/mol. The second-order valence-corrected chi connectivity index (χ2v) is 7.60. The zero-order chi connectivity index (χ0) is 26.3. The first-order valence-electron chi connectivity index (χ1n) is 11.5. The Morgan fingerprint density at radius 1 is 0.886 bits per heavy atom. The quantitative estimate of drug-likeness (QED) is 0.173. The molecule has 1 aromatic rings. The van der Waals surface area contributed by atoms with Crippen LogP contribution in [-0.2, 0) is 35.0 Å². The van der Waals surface area contributed by atoms with E-state index in [0.29, 0.717) is 12.0 Å². The number of unbranched alkanes of at least 4 members (excludes halogenated alkanes) is 2. The number of nitrogens with two attached hydrogens (primary N) is 1. The molecule has 0 saturated heterocycles. The minimum Gasteiger partial charge on any atom is -0.468 e. The van der Waals surface area contributed by atoms with Gasteiger partial charge >= 0.3 is 24.2 Å². The van der Waals surface area contributed by atoms with Gasteiger partial charge in [-0.3, -0.25) is 9.59 Å². The molecule has 0 spiro atoms. The first kappa shape index (κ1) is 29.7. The molecule has 0 saturated carbocycles. The van der Waals surface area contributed by atoms with Gasteiger partial charge in [-0.2, -0.15) is 0 Å². The van der Waals surface area contributed by atoms with Crippen molar-refractivity contribution in [3.63, 3.8) is 0 Å². The van der Waals surface area contributed by atoms with Crippen molar-refractivity contribution in [3.05, 3.63) is 23.8 Å². The van der Waals surface area contributed by atoms with Gasteiger partial charge < -0.3 is 34.2 Å². The Hall–Kier alpha value is -3.34. The lowest BCUT2D eigenvalue weighted by atomic mass is 9.88. The van der Waals surface area contributed by atoms with Crippen LogP contribution in [-0.4, -0.2) is 56.7 Å². The highest BCUT2D eigenvalue weighted by Crippen LogP contribution is 2.31. The fourth-order valence-corrected chi connectivity index (χ4v) is 3.07. The number of methoxy groups -OCH3 is 1. The highest BCUT2D eigenvalue weighted by molar-refractivity contribution is 5.81. The molecule has 11 nitrogen and oxygen atoms in total. The summed E-state index contributed by atoms with van der Waals surface area (Å²) in [7, 11) is 1.20. The molecule has 0 aromatic heterocycles. The fraction of sp³-hybridized carbons (Fsp3) is 0.583. The second kappa shape index (κ2) is 15.5. The summed E-state index contributed by atoms with van der Waals surface area (Å²) in [5.74, 6) is -1.30. The van der Waals surface area contributed by atoms with Crippen LogP contribution in [0.4, 0.5) is 9.59 Å². The predicted octanol–water partition coefficient (Wildman–Crippen LogP) is 3.68. The number of esters is 2. The van der Waals surface area contributed by atoms with Crippen LogP contribution in [0.2, 0.25) is 0 Å². The number of carbonyl (C=O) groups excluding carboxylic acids is 4. The van der Waals surface area contributed by atoms with Crippen LogP contribution in [0.1, 0.15) is 58.4 Å². The summed E-state index contributed by atoms with van der Waals surface area (Å²) in [5.41, 5.74) is 5.27. The van der Waals surface area contributed by atoms with E-state index in [1.54, 1.807) is 13.8 Å². The maximum atomic E-state index is 12.5. The number of hydrogen-bond acceptors (Lipinski definition) is 11. The minimum atomic E-state index is -1.54. The lowest BCUT2D eigenvalue weighted by molar-refractivity contribution is -0.151. The number of hydrogen-bond donors (Lipinski definition) is 1.